The topological polar surface area (TPSA) is 42.0 Å². The van der Waals surface area contributed by atoms with E-state index in [2.05, 4.69) is 10.3 Å². The molecule has 3 rings (SSSR count). The van der Waals surface area contributed by atoms with E-state index in [1.165, 1.54) is 11.3 Å². The van der Waals surface area contributed by atoms with Gasteiger partial charge in [0.05, 0.1) is 22.5 Å². The van der Waals surface area contributed by atoms with Gasteiger partial charge in [0.15, 0.2) is 0 Å². The molecule has 3 aromatic rings. The van der Waals surface area contributed by atoms with Crippen molar-refractivity contribution in [1.29, 1.82) is 0 Å². The van der Waals surface area contributed by atoms with Gasteiger partial charge >= 0.3 is 0 Å². The lowest BCUT2D eigenvalue weighted by atomic mass is 10.2. The minimum Gasteiger partial charge on any atom is -0.352 e. The molecule has 0 saturated heterocycles. The van der Waals surface area contributed by atoms with E-state index in [0.717, 1.165) is 21.0 Å². The Morgan fingerprint density at radius 2 is 2.05 bits per heavy atom. The second kappa shape index (κ2) is 7.05. The Bertz CT molecular complexity index is 768. The van der Waals surface area contributed by atoms with Gasteiger partial charge in [0, 0.05) is 16.4 Å². The molecule has 3 nitrogen and oxygen atoms in total. The highest BCUT2D eigenvalue weighted by Crippen LogP contribution is 2.29. The third-order valence-electron chi connectivity index (χ3n) is 3.15. The quantitative estimate of drug-likeness (QED) is 0.743. The average Bonchev–Trinajstić information content (AvgIpc) is 3.17. The summed E-state index contributed by atoms with van der Waals surface area (Å²) in [4.78, 5) is 18.6. The van der Waals surface area contributed by atoms with E-state index in [-0.39, 0.29) is 5.91 Å². The monoisotopic (exact) mass is 348 g/mol. The Hall–Kier alpha value is -1.69. The van der Waals surface area contributed by atoms with Crippen LogP contribution in [0.1, 0.15) is 10.4 Å². The van der Waals surface area contributed by atoms with Gasteiger partial charge in [0.2, 0.25) is 5.91 Å². The van der Waals surface area contributed by atoms with E-state index in [1.54, 1.807) is 16.8 Å². The molecule has 0 spiro atoms. The highest BCUT2D eigenvalue weighted by atomic mass is 35.5. The zero-order valence-electron chi connectivity index (χ0n) is 11.6. The molecule has 0 bridgehead atoms. The number of halogens is 1. The molecule has 0 fully saturated rings. The van der Waals surface area contributed by atoms with Gasteiger partial charge < -0.3 is 5.32 Å². The number of thiophene rings is 1. The molecule has 0 aliphatic heterocycles. The first kappa shape index (κ1) is 15.2. The van der Waals surface area contributed by atoms with Gasteiger partial charge in [-0.15, -0.1) is 22.7 Å². The van der Waals surface area contributed by atoms with E-state index < -0.39 is 0 Å². The molecule has 22 heavy (non-hydrogen) atoms. The van der Waals surface area contributed by atoms with Gasteiger partial charge in [-0.05, 0) is 23.1 Å². The van der Waals surface area contributed by atoms with Crippen molar-refractivity contribution in [2.45, 2.75) is 13.0 Å². The summed E-state index contributed by atoms with van der Waals surface area (Å²) in [5.41, 5.74) is 3.61. The summed E-state index contributed by atoms with van der Waals surface area (Å²) >= 11 is 9.22. The number of amides is 1. The average molecular weight is 349 g/mol. The van der Waals surface area contributed by atoms with Gasteiger partial charge in [-0.2, -0.15) is 0 Å². The molecule has 1 N–H and O–H groups in total. The smallest absolute Gasteiger partial charge is 0.225 e. The predicted molar refractivity (Wildman–Crippen MR) is 92.4 cm³/mol. The molecule has 0 aliphatic rings. The van der Waals surface area contributed by atoms with Crippen LogP contribution in [-0.4, -0.2) is 10.9 Å². The number of aromatic nitrogens is 1. The van der Waals surface area contributed by atoms with Crippen LogP contribution in [0.3, 0.4) is 0 Å². The number of rotatable bonds is 5. The van der Waals surface area contributed by atoms with Crippen molar-refractivity contribution in [3.05, 3.63) is 62.8 Å². The summed E-state index contributed by atoms with van der Waals surface area (Å²) in [7, 11) is 0. The minimum atomic E-state index is -0.0259. The van der Waals surface area contributed by atoms with Crippen molar-refractivity contribution in [2.75, 3.05) is 0 Å². The first-order valence-electron chi connectivity index (χ1n) is 6.70. The molecule has 0 radical (unpaired) electrons. The van der Waals surface area contributed by atoms with E-state index in [4.69, 9.17) is 11.6 Å². The maximum Gasteiger partial charge on any atom is 0.225 e. The number of benzene rings is 1. The normalized spacial score (nSPS) is 10.6. The maximum absolute atomic E-state index is 12.1. The van der Waals surface area contributed by atoms with Crippen molar-refractivity contribution in [3.63, 3.8) is 0 Å². The van der Waals surface area contributed by atoms with Crippen LogP contribution >= 0.6 is 34.3 Å². The van der Waals surface area contributed by atoms with Gasteiger partial charge in [-0.25, -0.2) is 4.98 Å². The van der Waals surface area contributed by atoms with Crippen molar-refractivity contribution in [3.8, 4) is 10.6 Å². The first-order chi connectivity index (χ1) is 10.7. The number of nitrogens with zero attached hydrogens (tertiary/aromatic N) is 1. The molecule has 0 atom stereocenters. The summed E-state index contributed by atoms with van der Waals surface area (Å²) < 4.78 is 0. The number of carbonyl (C=O) groups excluding carboxylic acids is 1. The number of thiazole rings is 1. The first-order valence-corrected chi connectivity index (χ1v) is 8.84. The third-order valence-corrected chi connectivity index (χ3v) is 5.23. The van der Waals surface area contributed by atoms with Crippen LogP contribution in [0.15, 0.2) is 47.3 Å². The van der Waals surface area contributed by atoms with Crippen molar-refractivity contribution in [2.24, 2.45) is 0 Å². The molecule has 1 aromatic carbocycles. The lowest BCUT2D eigenvalue weighted by Crippen LogP contribution is -2.24. The summed E-state index contributed by atoms with van der Waals surface area (Å²) in [6, 6.07) is 11.5. The second-order valence-corrected chi connectivity index (χ2v) is 6.94. The minimum absolute atomic E-state index is 0.0259. The highest BCUT2D eigenvalue weighted by molar-refractivity contribution is 7.14. The van der Waals surface area contributed by atoms with Crippen LogP contribution in [0.4, 0.5) is 0 Å². The van der Waals surface area contributed by atoms with E-state index in [1.807, 2.05) is 41.8 Å². The Labute approximate surface area is 141 Å². The van der Waals surface area contributed by atoms with Gasteiger partial charge in [0.1, 0.15) is 0 Å². The van der Waals surface area contributed by atoms with Gasteiger partial charge in [-0.3, -0.25) is 4.79 Å². The standard InChI is InChI=1S/C16H13ClN2OS2/c17-12-5-2-1-4-11(12)9-18-15(20)8-14-16(19-10-22-14)13-6-3-7-21-13/h1-7,10H,8-9H2,(H,18,20). The van der Waals surface area contributed by atoms with E-state index in [0.29, 0.717) is 18.0 Å². The Morgan fingerprint density at radius 3 is 2.82 bits per heavy atom. The van der Waals surface area contributed by atoms with Crippen LogP contribution in [0, 0.1) is 0 Å². The number of nitrogens with one attached hydrogen (secondary N) is 1. The zero-order valence-corrected chi connectivity index (χ0v) is 14.0. The predicted octanol–water partition coefficient (Wildman–Crippen LogP) is 4.38. The SMILES string of the molecule is O=C(Cc1scnc1-c1cccs1)NCc1ccccc1Cl. The fraction of sp³-hybridized carbons (Fsp3) is 0.125. The lowest BCUT2D eigenvalue weighted by molar-refractivity contribution is -0.120. The van der Waals surface area contributed by atoms with Crippen LogP contribution in [-0.2, 0) is 17.8 Å². The van der Waals surface area contributed by atoms with Crippen LogP contribution < -0.4 is 5.32 Å². The second-order valence-electron chi connectivity index (χ2n) is 4.65. The Morgan fingerprint density at radius 1 is 1.18 bits per heavy atom. The molecule has 2 heterocycles. The summed E-state index contributed by atoms with van der Waals surface area (Å²) in [5.74, 6) is -0.0259. The van der Waals surface area contributed by atoms with Crippen LogP contribution in [0.2, 0.25) is 5.02 Å². The van der Waals surface area contributed by atoms with Crippen molar-refractivity contribution in [1.82, 2.24) is 10.3 Å². The Balaban J connectivity index is 1.63. The van der Waals surface area contributed by atoms with Crippen LogP contribution in [0.25, 0.3) is 10.6 Å². The molecule has 0 aliphatic carbocycles. The maximum atomic E-state index is 12.1. The molecule has 0 unspecified atom stereocenters. The lowest BCUT2D eigenvalue weighted by Gasteiger charge is -2.06. The molecule has 0 saturated carbocycles. The Kier molecular flexibility index (Phi) is 4.87. The molecular weight excluding hydrogens is 336 g/mol. The van der Waals surface area contributed by atoms with E-state index >= 15 is 0 Å². The molecule has 6 heteroatoms. The summed E-state index contributed by atoms with van der Waals surface area (Å²) in [6.45, 7) is 0.436. The van der Waals surface area contributed by atoms with Gasteiger partial charge in [-0.1, -0.05) is 35.9 Å². The van der Waals surface area contributed by atoms with Crippen molar-refractivity contribution < 1.29 is 4.79 Å². The molecular formula is C16H13ClN2OS2. The molecule has 2 aromatic heterocycles. The largest absolute Gasteiger partial charge is 0.352 e. The number of hydrogen-bond acceptors (Lipinski definition) is 4. The highest BCUT2D eigenvalue weighted by Gasteiger charge is 2.13. The zero-order chi connectivity index (χ0) is 15.4. The van der Waals surface area contributed by atoms with Crippen molar-refractivity contribution >= 4 is 40.2 Å². The third kappa shape index (κ3) is 3.55. The summed E-state index contributed by atoms with van der Waals surface area (Å²) in [5, 5.41) is 5.59. The fourth-order valence-corrected chi connectivity index (χ4v) is 3.84. The number of carbonyl (C=O) groups is 1. The fourth-order valence-electron chi connectivity index (χ4n) is 2.05. The molecule has 112 valence electrons. The van der Waals surface area contributed by atoms with E-state index in [9.17, 15) is 4.79 Å². The van der Waals surface area contributed by atoms with Crippen LogP contribution in [0.5, 0.6) is 0 Å². The number of hydrogen-bond donors (Lipinski definition) is 1. The van der Waals surface area contributed by atoms with Gasteiger partial charge in [0.25, 0.3) is 0 Å². The summed E-state index contributed by atoms with van der Waals surface area (Å²) in [6.07, 6.45) is 0.336. The molecule has 1 amide bonds.